The highest BCUT2D eigenvalue weighted by Crippen LogP contribution is 2.36. The van der Waals surface area contributed by atoms with E-state index in [2.05, 4.69) is 4.98 Å². The van der Waals surface area contributed by atoms with Crippen molar-refractivity contribution in [3.05, 3.63) is 57.7 Å². The SMILES string of the molecule is CC(c1ccc(Cl)c(Cl)c1)c1cccnc1N(C(=O)O)C1CCCC1. The molecule has 3 rings (SSSR count). The fourth-order valence-corrected chi connectivity index (χ4v) is 3.80. The predicted octanol–water partition coefficient (Wildman–Crippen LogP) is 5.97. The van der Waals surface area contributed by atoms with E-state index in [1.54, 1.807) is 12.3 Å². The lowest BCUT2D eigenvalue weighted by Gasteiger charge is -2.28. The number of carbonyl (C=O) groups is 1. The molecule has 1 atom stereocenters. The Kier molecular flexibility index (Phi) is 5.50. The van der Waals surface area contributed by atoms with E-state index < -0.39 is 6.09 Å². The average molecular weight is 379 g/mol. The molecule has 0 aliphatic heterocycles. The predicted molar refractivity (Wildman–Crippen MR) is 101 cm³/mol. The number of benzene rings is 1. The number of nitrogens with zero attached hydrogens (tertiary/aromatic N) is 2. The maximum Gasteiger partial charge on any atom is 0.413 e. The van der Waals surface area contributed by atoms with Gasteiger partial charge in [0.2, 0.25) is 0 Å². The first-order chi connectivity index (χ1) is 12.0. The minimum absolute atomic E-state index is 0.00726. The van der Waals surface area contributed by atoms with E-state index in [1.165, 1.54) is 4.90 Å². The molecule has 132 valence electrons. The minimum atomic E-state index is -0.951. The van der Waals surface area contributed by atoms with Crippen LogP contribution in [0.25, 0.3) is 0 Å². The van der Waals surface area contributed by atoms with Crippen LogP contribution in [0.3, 0.4) is 0 Å². The van der Waals surface area contributed by atoms with Gasteiger partial charge < -0.3 is 5.11 Å². The molecule has 2 aromatic rings. The molecule has 1 fully saturated rings. The molecule has 0 radical (unpaired) electrons. The maximum absolute atomic E-state index is 11.9. The van der Waals surface area contributed by atoms with E-state index in [4.69, 9.17) is 23.2 Å². The Morgan fingerprint density at radius 3 is 2.60 bits per heavy atom. The smallest absolute Gasteiger partial charge is 0.413 e. The molecule has 1 unspecified atom stereocenters. The molecule has 0 saturated heterocycles. The summed E-state index contributed by atoms with van der Waals surface area (Å²) in [6, 6.07) is 9.26. The first-order valence-corrected chi connectivity index (χ1v) is 9.16. The van der Waals surface area contributed by atoms with Gasteiger partial charge in [-0.25, -0.2) is 9.78 Å². The van der Waals surface area contributed by atoms with Crippen LogP contribution >= 0.6 is 23.2 Å². The summed E-state index contributed by atoms with van der Waals surface area (Å²) in [5.41, 5.74) is 1.84. The molecule has 6 heteroatoms. The summed E-state index contributed by atoms with van der Waals surface area (Å²) in [6.07, 6.45) is 4.56. The Hall–Kier alpha value is -1.78. The van der Waals surface area contributed by atoms with Gasteiger partial charge in [0, 0.05) is 23.7 Å². The van der Waals surface area contributed by atoms with E-state index >= 15 is 0 Å². The summed E-state index contributed by atoms with van der Waals surface area (Å²) < 4.78 is 0. The monoisotopic (exact) mass is 378 g/mol. The average Bonchev–Trinajstić information content (AvgIpc) is 3.11. The molecule has 1 N–H and O–H groups in total. The molecule has 1 amide bonds. The number of anilines is 1. The minimum Gasteiger partial charge on any atom is -0.465 e. The topological polar surface area (TPSA) is 53.4 Å². The van der Waals surface area contributed by atoms with Crippen LogP contribution in [0.5, 0.6) is 0 Å². The molecule has 1 aromatic heterocycles. The van der Waals surface area contributed by atoms with E-state index in [1.807, 2.05) is 31.2 Å². The lowest BCUT2D eigenvalue weighted by molar-refractivity contribution is 0.198. The lowest BCUT2D eigenvalue weighted by atomic mass is 9.93. The maximum atomic E-state index is 11.9. The van der Waals surface area contributed by atoms with Crippen LogP contribution in [0.1, 0.15) is 49.7 Å². The van der Waals surface area contributed by atoms with Crippen molar-refractivity contribution < 1.29 is 9.90 Å². The molecule has 1 aliphatic rings. The Bertz CT molecular complexity index is 776. The van der Waals surface area contributed by atoms with Gasteiger partial charge in [-0.2, -0.15) is 0 Å². The van der Waals surface area contributed by atoms with Gasteiger partial charge >= 0.3 is 6.09 Å². The van der Waals surface area contributed by atoms with Crippen LogP contribution in [-0.2, 0) is 0 Å². The van der Waals surface area contributed by atoms with Gasteiger partial charge in [0.15, 0.2) is 0 Å². The van der Waals surface area contributed by atoms with Crippen molar-refractivity contribution in [2.45, 2.75) is 44.6 Å². The highest BCUT2D eigenvalue weighted by atomic mass is 35.5. The molecule has 1 heterocycles. The highest BCUT2D eigenvalue weighted by Gasteiger charge is 2.31. The van der Waals surface area contributed by atoms with E-state index in [-0.39, 0.29) is 12.0 Å². The highest BCUT2D eigenvalue weighted by molar-refractivity contribution is 6.42. The summed E-state index contributed by atoms with van der Waals surface area (Å²) in [4.78, 5) is 17.8. The van der Waals surface area contributed by atoms with Crippen molar-refractivity contribution in [1.82, 2.24) is 4.98 Å². The van der Waals surface area contributed by atoms with Crippen molar-refractivity contribution in [2.24, 2.45) is 0 Å². The number of pyridine rings is 1. The van der Waals surface area contributed by atoms with Crippen LogP contribution in [0.2, 0.25) is 10.0 Å². The van der Waals surface area contributed by atoms with Gasteiger partial charge in [0.1, 0.15) is 5.82 Å². The molecule has 25 heavy (non-hydrogen) atoms. The van der Waals surface area contributed by atoms with Crippen molar-refractivity contribution in [1.29, 1.82) is 0 Å². The van der Waals surface area contributed by atoms with Crippen LogP contribution in [0, 0.1) is 0 Å². The van der Waals surface area contributed by atoms with Crippen molar-refractivity contribution in [3.63, 3.8) is 0 Å². The zero-order valence-electron chi connectivity index (χ0n) is 14.0. The molecule has 4 nitrogen and oxygen atoms in total. The first-order valence-electron chi connectivity index (χ1n) is 8.41. The standard InChI is InChI=1S/C19H20Cl2N2O2/c1-12(13-8-9-16(20)17(21)11-13)15-7-4-10-22-18(15)23(19(24)25)14-5-2-3-6-14/h4,7-12,14H,2-3,5-6H2,1H3,(H,24,25). The fourth-order valence-electron chi connectivity index (χ4n) is 3.49. The van der Waals surface area contributed by atoms with Gasteiger partial charge in [0.25, 0.3) is 0 Å². The van der Waals surface area contributed by atoms with Crippen LogP contribution in [-0.4, -0.2) is 22.2 Å². The molecule has 1 aliphatic carbocycles. The van der Waals surface area contributed by atoms with E-state index in [0.29, 0.717) is 15.9 Å². The summed E-state index contributed by atoms with van der Waals surface area (Å²) in [7, 11) is 0. The molecule has 0 bridgehead atoms. The molecule has 1 saturated carbocycles. The number of hydrogen-bond acceptors (Lipinski definition) is 2. The normalized spacial score (nSPS) is 16.0. The Balaban J connectivity index is 2.01. The summed E-state index contributed by atoms with van der Waals surface area (Å²) in [5.74, 6) is 0.460. The molecule has 1 aromatic carbocycles. The summed E-state index contributed by atoms with van der Waals surface area (Å²) in [6.45, 7) is 2.02. The Morgan fingerprint density at radius 2 is 1.96 bits per heavy atom. The zero-order chi connectivity index (χ0) is 18.0. The van der Waals surface area contributed by atoms with Gasteiger partial charge in [-0.05, 0) is 36.6 Å². The van der Waals surface area contributed by atoms with Gasteiger partial charge in [0.05, 0.1) is 10.0 Å². The van der Waals surface area contributed by atoms with E-state index in [0.717, 1.165) is 36.8 Å². The number of carboxylic acid groups (broad SMARTS) is 1. The van der Waals surface area contributed by atoms with Crippen LogP contribution in [0.4, 0.5) is 10.6 Å². The second-order valence-corrected chi connectivity index (χ2v) is 7.22. The van der Waals surface area contributed by atoms with Gasteiger partial charge in [-0.3, -0.25) is 4.90 Å². The van der Waals surface area contributed by atoms with E-state index in [9.17, 15) is 9.90 Å². The molecule has 0 spiro atoms. The van der Waals surface area contributed by atoms with Crippen molar-refractivity contribution in [3.8, 4) is 0 Å². The number of aromatic nitrogens is 1. The largest absolute Gasteiger partial charge is 0.465 e. The molecular weight excluding hydrogens is 359 g/mol. The lowest BCUT2D eigenvalue weighted by Crippen LogP contribution is -2.39. The number of amides is 1. The summed E-state index contributed by atoms with van der Waals surface area (Å²) in [5, 5.41) is 10.8. The van der Waals surface area contributed by atoms with Crippen molar-refractivity contribution >= 4 is 35.1 Å². The van der Waals surface area contributed by atoms with Crippen LogP contribution < -0.4 is 4.90 Å². The number of rotatable bonds is 4. The summed E-state index contributed by atoms with van der Waals surface area (Å²) >= 11 is 12.2. The number of hydrogen-bond donors (Lipinski definition) is 1. The quantitative estimate of drug-likeness (QED) is 0.712. The number of halogens is 2. The van der Waals surface area contributed by atoms with Crippen molar-refractivity contribution in [2.75, 3.05) is 4.90 Å². The second-order valence-electron chi connectivity index (χ2n) is 6.40. The zero-order valence-corrected chi connectivity index (χ0v) is 15.5. The fraction of sp³-hybridized carbons (Fsp3) is 0.368. The first kappa shape index (κ1) is 18.0. The Morgan fingerprint density at radius 1 is 1.24 bits per heavy atom. The van der Waals surface area contributed by atoms with Gasteiger partial charge in [-0.15, -0.1) is 0 Å². The Labute approximate surface area is 157 Å². The second kappa shape index (κ2) is 7.63. The molecular formula is C19H20Cl2N2O2. The van der Waals surface area contributed by atoms with Gasteiger partial charge in [-0.1, -0.05) is 55.1 Å². The third kappa shape index (κ3) is 3.75. The third-order valence-electron chi connectivity index (χ3n) is 4.85. The van der Waals surface area contributed by atoms with Crippen LogP contribution in [0.15, 0.2) is 36.5 Å². The third-order valence-corrected chi connectivity index (χ3v) is 5.59.